The van der Waals surface area contributed by atoms with Crippen LogP contribution in [-0.2, 0) is 22.9 Å². The van der Waals surface area contributed by atoms with Crippen LogP contribution in [0, 0.1) is 12.7 Å². The molecule has 3 rings (SSSR count). The summed E-state index contributed by atoms with van der Waals surface area (Å²) < 4.78 is 41.1. The standard InChI is InChI=1S/C19H22FNO2S/c1-13-11-18(9-10-19(13)20)24(22,23)21-14(2)16-8-7-15-5-3-4-6-17(15)12-16/h7-12,14,21H,3-6H2,1-2H3/t14-/m0/s1. The summed E-state index contributed by atoms with van der Waals surface area (Å²) in [5.41, 5.74) is 3.97. The van der Waals surface area contributed by atoms with Gasteiger partial charge in [-0.1, -0.05) is 18.2 Å². The molecule has 0 unspecified atom stereocenters. The van der Waals surface area contributed by atoms with Crippen LogP contribution < -0.4 is 4.72 Å². The number of nitrogens with one attached hydrogen (secondary N) is 1. The average Bonchev–Trinajstić information content (AvgIpc) is 2.56. The summed E-state index contributed by atoms with van der Waals surface area (Å²) in [5.74, 6) is -0.406. The van der Waals surface area contributed by atoms with Crippen LogP contribution in [0.1, 0.15) is 48.1 Å². The maximum Gasteiger partial charge on any atom is 0.241 e. The minimum atomic E-state index is -3.68. The van der Waals surface area contributed by atoms with E-state index in [2.05, 4.69) is 16.9 Å². The summed E-state index contributed by atoms with van der Waals surface area (Å²) in [6.07, 6.45) is 4.56. The van der Waals surface area contributed by atoms with Crippen LogP contribution in [0.25, 0.3) is 0 Å². The molecule has 2 aromatic rings. The highest BCUT2D eigenvalue weighted by atomic mass is 32.2. The quantitative estimate of drug-likeness (QED) is 0.907. The van der Waals surface area contributed by atoms with E-state index >= 15 is 0 Å². The number of benzene rings is 2. The number of rotatable bonds is 4. The number of sulfonamides is 1. The zero-order chi connectivity index (χ0) is 17.3. The summed E-state index contributed by atoms with van der Waals surface area (Å²) in [5, 5.41) is 0. The van der Waals surface area contributed by atoms with E-state index in [1.807, 2.05) is 13.0 Å². The Bertz CT molecular complexity index is 862. The molecule has 0 radical (unpaired) electrons. The first-order chi connectivity index (χ1) is 11.4. The third kappa shape index (κ3) is 3.52. The Balaban J connectivity index is 1.82. The molecule has 0 saturated heterocycles. The molecule has 1 atom stereocenters. The van der Waals surface area contributed by atoms with Gasteiger partial charge in [-0.25, -0.2) is 17.5 Å². The molecule has 0 bridgehead atoms. The highest BCUT2D eigenvalue weighted by Gasteiger charge is 2.20. The van der Waals surface area contributed by atoms with E-state index in [0.717, 1.165) is 18.4 Å². The molecule has 1 N–H and O–H groups in total. The molecule has 0 heterocycles. The molecule has 0 spiro atoms. The number of hydrogen-bond donors (Lipinski definition) is 1. The molecule has 3 nitrogen and oxygen atoms in total. The van der Waals surface area contributed by atoms with Crippen LogP contribution in [0.15, 0.2) is 41.3 Å². The van der Waals surface area contributed by atoms with E-state index < -0.39 is 15.8 Å². The van der Waals surface area contributed by atoms with Gasteiger partial charge in [-0.15, -0.1) is 0 Å². The van der Waals surface area contributed by atoms with Crippen molar-refractivity contribution in [2.75, 3.05) is 0 Å². The fraction of sp³-hybridized carbons (Fsp3) is 0.368. The van der Waals surface area contributed by atoms with Gasteiger partial charge >= 0.3 is 0 Å². The predicted molar refractivity (Wildman–Crippen MR) is 93.0 cm³/mol. The third-order valence-electron chi connectivity index (χ3n) is 4.64. The number of halogens is 1. The van der Waals surface area contributed by atoms with Crippen molar-refractivity contribution in [1.82, 2.24) is 4.72 Å². The van der Waals surface area contributed by atoms with Crippen molar-refractivity contribution in [3.63, 3.8) is 0 Å². The lowest BCUT2D eigenvalue weighted by atomic mass is 9.89. The van der Waals surface area contributed by atoms with E-state index in [-0.39, 0.29) is 10.9 Å². The Morgan fingerprint density at radius 1 is 1.04 bits per heavy atom. The zero-order valence-electron chi connectivity index (χ0n) is 14.0. The van der Waals surface area contributed by atoms with Gasteiger partial charge in [0.05, 0.1) is 4.90 Å². The lowest BCUT2D eigenvalue weighted by Gasteiger charge is -2.20. The molecule has 1 aliphatic carbocycles. The molecule has 0 aliphatic heterocycles. The topological polar surface area (TPSA) is 46.2 Å². The lowest BCUT2D eigenvalue weighted by Crippen LogP contribution is -2.27. The number of hydrogen-bond acceptors (Lipinski definition) is 2. The van der Waals surface area contributed by atoms with Crippen LogP contribution in [0.3, 0.4) is 0 Å². The maximum absolute atomic E-state index is 13.4. The van der Waals surface area contributed by atoms with E-state index in [1.165, 1.54) is 42.2 Å². The molecule has 2 aromatic carbocycles. The van der Waals surface area contributed by atoms with Gasteiger partial charge in [0.25, 0.3) is 0 Å². The van der Waals surface area contributed by atoms with Crippen molar-refractivity contribution >= 4 is 10.0 Å². The zero-order valence-corrected chi connectivity index (χ0v) is 14.8. The van der Waals surface area contributed by atoms with Gasteiger partial charge in [0.1, 0.15) is 5.82 Å². The van der Waals surface area contributed by atoms with Crippen molar-refractivity contribution in [3.8, 4) is 0 Å². The largest absolute Gasteiger partial charge is 0.241 e. The molecule has 5 heteroatoms. The fourth-order valence-corrected chi connectivity index (χ4v) is 4.49. The van der Waals surface area contributed by atoms with Crippen LogP contribution in [-0.4, -0.2) is 8.42 Å². The second-order valence-corrected chi connectivity index (χ2v) is 8.20. The molecule has 24 heavy (non-hydrogen) atoms. The van der Waals surface area contributed by atoms with E-state index in [9.17, 15) is 12.8 Å². The Morgan fingerprint density at radius 3 is 2.46 bits per heavy atom. The van der Waals surface area contributed by atoms with Crippen LogP contribution >= 0.6 is 0 Å². The molecule has 128 valence electrons. The highest BCUT2D eigenvalue weighted by Crippen LogP contribution is 2.26. The highest BCUT2D eigenvalue weighted by molar-refractivity contribution is 7.89. The second kappa shape index (κ2) is 6.65. The Morgan fingerprint density at radius 2 is 1.75 bits per heavy atom. The Hall–Kier alpha value is -1.72. The average molecular weight is 347 g/mol. The third-order valence-corrected chi connectivity index (χ3v) is 6.18. The van der Waals surface area contributed by atoms with Gasteiger partial charge in [0, 0.05) is 6.04 Å². The number of aryl methyl sites for hydroxylation is 3. The molecule has 0 fully saturated rings. The SMILES string of the molecule is Cc1cc(S(=O)(=O)N[C@@H](C)c2ccc3c(c2)CCCC3)ccc1F. The van der Waals surface area contributed by atoms with Gasteiger partial charge in [-0.2, -0.15) is 0 Å². The first-order valence-electron chi connectivity index (χ1n) is 8.27. The van der Waals surface area contributed by atoms with Gasteiger partial charge in [0.2, 0.25) is 10.0 Å². The summed E-state index contributed by atoms with van der Waals surface area (Å²) in [6, 6.07) is 9.71. The van der Waals surface area contributed by atoms with E-state index in [4.69, 9.17) is 0 Å². The summed E-state index contributed by atoms with van der Waals surface area (Å²) in [7, 11) is -3.68. The van der Waals surface area contributed by atoms with E-state index in [1.54, 1.807) is 6.92 Å². The van der Waals surface area contributed by atoms with Gasteiger partial charge in [0.15, 0.2) is 0 Å². The minimum Gasteiger partial charge on any atom is -0.207 e. The monoisotopic (exact) mass is 347 g/mol. The molecule has 0 saturated carbocycles. The van der Waals surface area contributed by atoms with Crippen molar-refractivity contribution < 1.29 is 12.8 Å². The molecule has 1 aliphatic rings. The first kappa shape index (κ1) is 17.1. The smallest absolute Gasteiger partial charge is 0.207 e. The Labute approximate surface area is 143 Å². The van der Waals surface area contributed by atoms with Crippen molar-refractivity contribution in [1.29, 1.82) is 0 Å². The molecular weight excluding hydrogens is 325 g/mol. The number of fused-ring (bicyclic) bond motifs is 1. The normalized spacial score (nSPS) is 15.8. The van der Waals surface area contributed by atoms with Crippen LogP contribution in [0.2, 0.25) is 0 Å². The van der Waals surface area contributed by atoms with Crippen molar-refractivity contribution in [2.45, 2.75) is 50.5 Å². The first-order valence-corrected chi connectivity index (χ1v) is 9.75. The maximum atomic E-state index is 13.4. The van der Waals surface area contributed by atoms with Crippen molar-refractivity contribution in [3.05, 3.63) is 64.5 Å². The van der Waals surface area contributed by atoms with Crippen LogP contribution in [0.5, 0.6) is 0 Å². The van der Waals surface area contributed by atoms with Gasteiger partial charge in [-0.3, -0.25) is 0 Å². The summed E-state index contributed by atoms with van der Waals surface area (Å²) in [4.78, 5) is 0.0891. The van der Waals surface area contributed by atoms with Crippen LogP contribution in [0.4, 0.5) is 4.39 Å². The lowest BCUT2D eigenvalue weighted by molar-refractivity contribution is 0.565. The van der Waals surface area contributed by atoms with Crippen molar-refractivity contribution in [2.24, 2.45) is 0 Å². The summed E-state index contributed by atoms with van der Waals surface area (Å²) >= 11 is 0. The Kier molecular flexibility index (Phi) is 4.74. The minimum absolute atomic E-state index is 0.0891. The fourth-order valence-electron chi connectivity index (χ4n) is 3.18. The summed E-state index contributed by atoms with van der Waals surface area (Å²) in [6.45, 7) is 3.39. The van der Waals surface area contributed by atoms with E-state index in [0.29, 0.717) is 5.56 Å². The molecule has 0 amide bonds. The second-order valence-electron chi connectivity index (χ2n) is 6.49. The van der Waals surface area contributed by atoms with Gasteiger partial charge in [-0.05, 0) is 80.0 Å². The predicted octanol–water partition coefficient (Wildman–Crippen LogP) is 4.05. The van der Waals surface area contributed by atoms with Gasteiger partial charge < -0.3 is 0 Å². The molecular formula is C19H22FNO2S. The molecule has 0 aromatic heterocycles.